The molecule has 0 aromatic heterocycles. The lowest BCUT2D eigenvalue weighted by Crippen LogP contribution is -2.15. The van der Waals surface area contributed by atoms with Gasteiger partial charge in [-0.1, -0.05) is 30.3 Å². The minimum absolute atomic E-state index is 0.160. The lowest BCUT2D eigenvalue weighted by Gasteiger charge is -2.22. The molecule has 3 rings (SSSR count). The van der Waals surface area contributed by atoms with Crippen LogP contribution in [0.25, 0.3) is 0 Å². The van der Waals surface area contributed by atoms with Crippen molar-refractivity contribution in [1.29, 1.82) is 0 Å². The summed E-state index contributed by atoms with van der Waals surface area (Å²) in [6.07, 6.45) is 1.18. The standard InChI is InChI=1S/C18H20O3/c1-20-15-8-5-9-16(21-2)17(15)18(19)14-10-12-6-3-4-7-13(12)11-14/h3-9,14,18-19H,10-11H2,1-2H3. The van der Waals surface area contributed by atoms with E-state index in [-0.39, 0.29) is 5.92 Å². The van der Waals surface area contributed by atoms with Gasteiger partial charge in [0.05, 0.1) is 25.9 Å². The van der Waals surface area contributed by atoms with E-state index in [0.717, 1.165) is 18.4 Å². The lowest BCUT2D eigenvalue weighted by atomic mass is 9.92. The number of hydrogen-bond acceptors (Lipinski definition) is 3. The van der Waals surface area contributed by atoms with E-state index < -0.39 is 6.10 Å². The van der Waals surface area contributed by atoms with Gasteiger partial charge in [0.2, 0.25) is 0 Å². The average molecular weight is 284 g/mol. The van der Waals surface area contributed by atoms with Gasteiger partial charge in [-0.25, -0.2) is 0 Å². The molecule has 1 aliphatic carbocycles. The van der Waals surface area contributed by atoms with E-state index in [4.69, 9.17) is 9.47 Å². The van der Waals surface area contributed by atoms with Gasteiger partial charge in [0.25, 0.3) is 0 Å². The Morgan fingerprint density at radius 3 is 1.90 bits per heavy atom. The van der Waals surface area contributed by atoms with Crippen LogP contribution in [-0.4, -0.2) is 19.3 Å². The zero-order chi connectivity index (χ0) is 14.8. The van der Waals surface area contributed by atoms with Crippen LogP contribution in [0.5, 0.6) is 11.5 Å². The molecule has 0 amide bonds. The van der Waals surface area contributed by atoms with Crippen LogP contribution in [-0.2, 0) is 12.8 Å². The summed E-state index contributed by atoms with van der Waals surface area (Å²) in [5.41, 5.74) is 3.41. The number of ether oxygens (including phenoxy) is 2. The summed E-state index contributed by atoms with van der Waals surface area (Å²) < 4.78 is 10.8. The summed E-state index contributed by atoms with van der Waals surface area (Å²) in [6.45, 7) is 0. The monoisotopic (exact) mass is 284 g/mol. The lowest BCUT2D eigenvalue weighted by molar-refractivity contribution is 0.107. The third kappa shape index (κ3) is 2.49. The Kier molecular flexibility index (Phi) is 3.84. The molecule has 0 fully saturated rings. The first-order chi connectivity index (χ1) is 10.2. The molecular weight excluding hydrogens is 264 g/mol. The van der Waals surface area contributed by atoms with Crippen LogP contribution in [0.2, 0.25) is 0 Å². The maximum Gasteiger partial charge on any atom is 0.128 e. The van der Waals surface area contributed by atoms with Gasteiger partial charge in [-0.2, -0.15) is 0 Å². The molecule has 2 aromatic rings. The molecule has 3 nitrogen and oxygen atoms in total. The van der Waals surface area contributed by atoms with Crippen LogP contribution in [0.3, 0.4) is 0 Å². The van der Waals surface area contributed by atoms with Crippen molar-refractivity contribution in [3.8, 4) is 11.5 Å². The summed E-state index contributed by atoms with van der Waals surface area (Å²) >= 11 is 0. The Morgan fingerprint density at radius 2 is 1.43 bits per heavy atom. The predicted octanol–water partition coefficient (Wildman–Crippen LogP) is 3.15. The van der Waals surface area contributed by atoms with Gasteiger partial charge in [-0.05, 0) is 42.0 Å². The number of fused-ring (bicyclic) bond motifs is 1. The molecule has 0 saturated heterocycles. The van der Waals surface area contributed by atoms with Crippen LogP contribution >= 0.6 is 0 Å². The fourth-order valence-corrected chi connectivity index (χ4v) is 3.22. The molecule has 1 unspecified atom stereocenters. The first kappa shape index (κ1) is 14.0. The maximum atomic E-state index is 10.9. The van der Waals surface area contributed by atoms with Crippen LogP contribution < -0.4 is 9.47 Å². The Hall–Kier alpha value is -2.00. The summed E-state index contributed by atoms with van der Waals surface area (Å²) in [7, 11) is 3.24. The summed E-state index contributed by atoms with van der Waals surface area (Å²) in [4.78, 5) is 0. The highest BCUT2D eigenvalue weighted by molar-refractivity contribution is 5.47. The second-order valence-corrected chi connectivity index (χ2v) is 5.46. The Morgan fingerprint density at radius 1 is 0.905 bits per heavy atom. The maximum absolute atomic E-state index is 10.9. The smallest absolute Gasteiger partial charge is 0.128 e. The Bertz CT molecular complexity index is 589. The van der Waals surface area contributed by atoms with Gasteiger partial charge in [-0.15, -0.1) is 0 Å². The topological polar surface area (TPSA) is 38.7 Å². The van der Waals surface area contributed by atoms with E-state index >= 15 is 0 Å². The van der Waals surface area contributed by atoms with Crippen molar-refractivity contribution in [2.45, 2.75) is 18.9 Å². The molecule has 0 saturated carbocycles. The zero-order valence-corrected chi connectivity index (χ0v) is 12.4. The minimum Gasteiger partial charge on any atom is -0.496 e. The largest absolute Gasteiger partial charge is 0.496 e. The Balaban J connectivity index is 1.92. The molecule has 0 bridgehead atoms. The predicted molar refractivity (Wildman–Crippen MR) is 81.8 cm³/mol. The number of benzene rings is 2. The summed E-state index contributed by atoms with van der Waals surface area (Å²) in [6, 6.07) is 14.0. The van der Waals surface area contributed by atoms with Crippen molar-refractivity contribution in [2.24, 2.45) is 5.92 Å². The molecular formula is C18H20O3. The molecule has 110 valence electrons. The molecule has 21 heavy (non-hydrogen) atoms. The Labute approximate surface area is 125 Å². The molecule has 1 atom stereocenters. The average Bonchev–Trinajstić information content (AvgIpc) is 2.97. The molecule has 0 spiro atoms. The molecule has 1 aliphatic rings. The molecule has 1 N–H and O–H groups in total. The molecule has 2 aromatic carbocycles. The van der Waals surface area contributed by atoms with Crippen molar-refractivity contribution >= 4 is 0 Å². The molecule has 3 heteroatoms. The van der Waals surface area contributed by atoms with E-state index in [1.165, 1.54) is 11.1 Å². The van der Waals surface area contributed by atoms with Gasteiger partial charge in [0, 0.05) is 0 Å². The second-order valence-electron chi connectivity index (χ2n) is 5.46. The highest BCUT2D eigenvalue weighted by atomic mass is 16.5. The van der Waals surface area contributed by atoms with Crippen LogP contribution in [0, 0.1) is 5.92 Å². The zero-order valence-electron chi connectivity index (χ0n) is 12.4. The second kappa shape index (κ2) is 5.78. The minimum atomic E-state index is -0.594. The fourth-order valence-electron chi connectivity index (χ4n) is 3.22. The third-order valence-corrected chi connectivity index (χ3v) is 4.29. The van der Waals surface area contributed by atoms with Crippen LogP contribution in [0.15, 0.2) is 42.5 Å². The molecule has 0 radical (unpaired) electrons. The number of methoxy groups -OCH3 is 2. The normalized spacial score (nSPS) is 15.6. The van der Waals surface area contributed by atoms with E-state index in [0.29, 0.717) is 11.5 Å². The van der Waals surface area contributed by atoms with Crippen molar-refractivity contribution in [2.75, 3.05) is 14.2 Å². The first-order valence-electron chi connectivity index (χ1n) is 7.20. The SMILES string of the molecule is COc1cccc(OC)c1C(O)C1Cc2ccccc2C1. The van der Waals surface area contributed by atoms with Gasteiger partial charge in [0.1, 0.15) is 11.5 Å². The number of hydrogen-bond donors (Lipinski definition) is 1. The quantitative estimate of drug-likeness (QED) is 0.937. The van der Waals surface area contributed by atoms with E-state index in [1.807, 2.05) is 18.2 Å². The number of aliphatic hydroxyl groups excluding tert-OH is 1. The summed E-state index contributed by atoms with van der Waals surface area (Å²) in [5.74, 6) is 1.52. The van der Waals surface area contributed by atoms with Gasteiger partial charge in [0.15, 0.2) is 0 Å². The molecule has 0 heterocycles. The number of rotatable bonds is 4. The van der Waals surface area contributed by atoms with E-state index in [1.54, 1.807) is 14.2 Å². The van der Waals surface area contributed by atoms with Crippen LogP contribution in [0.4, 0.5) is 0 Å². The third-order valence-electron chi connectivity index (χ3n) is 4.29. The van der Waals surface area contributed by atoms with Crippen molar-refractivity contribution in [3.05, 3.63) is 59.2 Å². The van der Waals surface area contributed by atoms with Crippen LogP contribution in [0.1, 0.15) is 22.8 Å². The first-order valence-corrected chi connectivity index (χ1v) is 7.20. The number of aliphatic hydroxyl groups is 1. The van der Waals surface area contributed by atoms with Gasteiger partial charge >= 0.3 is 0 Å². The summed E-state index contributed by atoms with van der Waals surface area (Å²) in [5, 5.41) is 10.9. The van der Waals surface area contributed by atoms with Crippen molar-refractivity contribution in [3.63, 3.8) is 0 Å². The highest BCUT2D eigenvalue weighted by Gasteiger charge is 2.31. The highest BCUT2D eigenvalue weighted by Crippen LogP contribution is 2.42. The van der Waals surface area contributed by atoms with Crippen molar-refractivity contribution < 1.29 is 14.6 Å². The molecule has 0 aliphatic heterocycles. The van der Waals surface area contributed by atoms with Crippen molar-refractivity contribution in [1.82, 2.24) is 0 Å². The fraction of sp³-hybridized carbons (Fsp3) is 0.333. The van der Waals surface area contributed by atoms with Gasteiger partial charge in [-0.3, -0.25) is 0 Å². The van der Waals surface area contributed by atoms with Gasteiger partial charge < -0.3 is 14.6 Å². The van der Waals surface area contributed by atoms with E-state index in [9.17, 15) is 5.11 Å². The van der Waals surface area contributed by atoms with E-state index in [2.05, 4.69) is 24.3 Å².